The summed E-state index contributed by atoms with van der Waals surface area (Å²) in [4.78, 5) is 27.5. The van der Waals surface area contributed by atoms with Gasteiger partial charge in [-0.25, -0.2) is 18.2 Å². The van der Waals surface area contributed by atoms with Gasteiger partial charge in [-0.15, -0.1) is 0 Å². The van der Waals surface area contributed by atoms with Crippen LogP contribution in [0.25, 0.3) is 0 Å². The molecule has 1 aromatic carbocycles. The van der Waals surface area contributed by atoms with Crippen LogP contribution in [-0.2, 0) is 16.1 Å². The summed E-state index contributed by atoms with van der Waals surface area (Å²) in [5, 5.41) is 5.08. The minimum Gasteiger partial charge on any atom is -0.346 e. The van der Waals surface area contributed by atoms with Crippen LogP contribution in [0.15, 0.2) is 29.7 Å². The number of aryl methyl sites for hydroxylation is 1. The number of nitrogens with zero attached hydrogens (tertiary/aromatic N) is 2. The molecule has 0 saturated heterocycles. The molecule has 0 fully saturated rings. The van der Waals surface area contributed by atoms with Crippen molar-refractivity contribution in [2.75, 3.05) is 17.6 Å². The largest absolute Gasteiger partial charge is 0.346 e. The molecule has 0 aliphatic carbocycles. The molecule has 2 aromatic rings. The maximum atomic E-state index is 13.4. The molecule has 2 rings (SSSR count). The van der Waals surface area contributed by atoms with Crippen molar-refractivity contribution >= 4 is 29.3 Å². The minimum absolute atomic E-state index is 0.0455. The molecule has 134 valence electrons. The lowest BCUT2D eigenvalue weighted by atomic mass is 10.2. The number of imidazole rings is 1. The summed E-state index contributed by atoms with van der Waals surface area (Å²) in [6.45, 7) is 2.22. The van der Waals surface area contributed by atoms with Crippen molar-refractivity contribution in [3.05, 3.63) is 42.0 Å². The van der Waals surface area contributed by atoms with Crippen LogP contribution < -0.4 is 10.6 Å². The zero-order valence-electron chi connectivity index (χ0n) is 13.2. The van der Waals surface area contributed by atoms with E-state index in [9.17, 15) is 22.8 Å². The number of carbonyl (C=O) groups excluding carboxylic acids is 2. The van der Waals surface area contributed by atoms with E-state index < -0.39 is 41.5 Å². The van der Waals surface area contributed by atoms with Crippen molar-refractivity contribution in [3.63, 3.8) is 0 Å². The zero-order valence-corrected chi connectivity index (χ0v) is 14.0. The van der Waals surface area contributed by atoms with Gasteiger partial charge in [0.1, 0.15) is 0 Å². The molecule has 0 bridgehead atoms. The molecule has 2 amide bonds. The number of anilines is 1. The highest BCUT2D eigenvalue weighted by molar-refractivity contribution is 7.99. The molecule has 0 unspecified atom stereocenters. The molecule has 2 N–H and O–H groups in total. The van der Waals surface area contributed by atoms with Crippen LogP contribution in [0.1, 0.15) is 6.92 Å². The van der Waals surface area contributed by atoms with Gasteiger partial charge in [0.05, 0.1) is 18.0 Å². The number of nitrogens with one attached hydrogen (secondary N) is 2. The second-order valence-corrected chi connectivity index (χ2v) is 5.77. The zero-order chi connectivity index (χ0) is 18.4. The van der Waals surface area contributed by atoms with Gasteiger partial charge in [0.2, 0.25) is 11.8 Å². The summed E-state index contributed by atoms with van der Waals surface area (Å²) in [5.41, 5.74) is -0.502. The van der Waals surface area contributed by atoms with Gasteiger partial charge in [0.15, 0.2) is 22.6 Å². The summed E-state index contributed by atoms with van der Waals surface area (Å²) >= 11 is 1.20. The van der Waals surface area contributed by atoms with Gasteiger partial charge in [-0.1, -0.05) is 11.8 Å². The Kier molecular flexibility index (Phi) is 6.45. The highest BCUT2D eigenvalue weighted by Crippen LogP contribution is 2.19. The topological polar surface area (TPSA) is 76.0 Å². The van der Waals surface area contributed by atoms with E-state index in [1.54, 1.807) is 12.4 Å². The number of hydrogen-bond acceptors (Lipinski definition) is 4. The Bertz CT molecular complexity index is 782. The fourth-order valence-electron chi connectivity index (χ4n) is 1.85. The highest BCUT2D eigenvalue weighted by Gasteiger charge is 2.15. The van der Waals surface area contributed by atoms with Crippen molar-refractivity contribution in [3.8, 4) is 0 Å². The number of amides is 2. The SMILES string of the molecule is CCn1ccnc1SCC(=O)NCC(=O)Nc1ccc(F)c(F)c1F. The van der Waals surface area contributed by atoms with Crippen LogP contribution in [0.4, 0.5) is 18.9 Å². The van der Waals surface area contributed by atoms with E-state index in [0.717, 1.165) is 6.07 Å². The van der Waals surface area contributed by atoms with E-state index in [4.69, 9.17) is 0 Å². The summed E-state index contributed by atoms with van der Waals surface area (Å²) in [5.74, 6) is -5.67. The van der Waals surface area contributed by atoms with Gasteiger partial charge in [0, 0.05) is 18.9 Å². The highest BCUT2D eigenvalue weighted by atomic mass is 32.2. The van der Waals surface area contributed by atoms with Gasteiger partial charge in [-0.05, 0) is 19.1 Å². The van der Waals surface area contributed by atoms with Crippen molar-refractivity contribution < 1.29 is 22.8 Å². The first-order valence-corrected chi connectivity index (χ1v) is 8.25. The third kappa shape index (κ3) is 4.99. The van der Waals surface area contributed by atoms with Crippen LogP contribution in [0.3, 0.4) is 0 Å². The first-order valence-electron chi connectivity index (χ1n) is 7.26. The molecule has 1 heterocycles. The second-order valence-electron chi connectivity index (χ2n) is 4.83. The summed E-state index contributed by atoms with van der Waals surface area (Å²) < 4.78 is 41.2. The minimum atomic E-state index is -1.68. The fraction of sp³-hybridized carbons (Fsp3) is 0.267. The average molecular weight is 372 g/mol. The molecule has 0 atom stereocenters. The van der Waals surface area contributed by atoms with E-state index in [2.05, 4.69) is 15.6 Å². The van der Waals surface area contributed by atoms with Gasteiger partial charge in [-0.2, -0.15) is 0 Å². The number of rotatable bonds is 7. The van der Waals surface area contributed by atoms with Crippen molar-refractivity contribution in [2.45, 2.75) is 18.6 Å². The monoisotopic (exact) mass is 372 g/mol. The summed E-state index contributed by atoms with van der Waals surface area (Å²) in [6, 6.07) is 1.59. The fourth-order valence-corrected chi connectivity index (χ4v) is 2.71. The average Bonchev–Trinajstić information content (AvgIpc) is 3.06. The lowest BCUT2D eigenvalue weighted by Crippen LogP contribution is -2.34. The van der Waals surface area contributed by atoms with Gasteiger partial charge in [0.25, 0.3) is 0 Å². The molecule has 0 radical (unpaired) electrons. The van der Waals surface area contributed by atoms with E-state index in [-0.39, 0.29) is 5.75 Å². The lowest BCUT2D eigenvalue weighted by molar-refractivity contribution is -0.122. The number of thioether (sulfide) groups is 1. The quantitative estimate of drug-likeness (QED) is 0.577. The standard InChI is InChI=1S/C15H15F3N4O2S/c1-2-22-6-5-19-15(22)25-8-12(24)20-7-11(23)21-10-4-3-9(16)13(17)14(10)18/h3-6H,2,7-8H2,1H3,(H,20,24)(H,21,23). The van der Waals surface area contributed by atoms with E-state index >= 15 is 0 Å². The number of aromatic nitrogens is 2. The Balaban J connectivity index is 1.80. The van der Waals surface area contributed by atoms with Gasteiger partial charge >= 0.3 is 0 Å². The number of carbonyl (C=O) groups is 2. The smallest absolute Gasteiger partial charge is 0.243 e. The van der Waals surface area contributed by atoms with E-state index in [1.165, 1.54) is 11.8 Å². The first-order chi connectivity index (χ1) is 11.9. The van der Waals surface area contributed by atoms with Crippen LogP contribution >= 0.6 is 11.8 Å². The third-order valence-corrected chi connectivity index (χ3v) is 4.11. The molecule has 0 saturated carbocycles. The van der Waals surface area contributed by atoms with Crippen LogP contribution in [0.2, 0.25) is 0 Å². The Morgan fingerprint density at radius 3 is 2.68 bits per heavy atom. The normalized spacial score (nSPS) is 10.6. The molecular formula is C15H15F3N4O2S. The molecule has 1 aromatic heterocycles. The van der Waals surface area contributed by atoms with Crippen LogP contribution in [-0.4, -0.2) is 33.7 Å². The Morgan fingerprint density at radius 1 is 1.20 bits per heavy atom. The molecule has 25 heavy (non-hydrogen) atoms. The number of benzene rings is 1. The summed E-state index contributed by atoms with van der Waals surface area (Å²) in [7, 11) is 0. The van der Waals surface area contributed by atoms with Crippen molar-refractivity contribution in [1.29, 1.82) is 0 Å². The Morgan fingerprint density at radius 2 is 1.96 bits per heavy atom. The molecule has 0 aliphatic heterocycles. The second kappa shape index (κ2) is 8.56. The van der Waals surface area contributed by atoms with Crippen LogP contribution in [0.5, 0.6) is 0 Å². The predicted octanol–water partition coefficient (Wildman–Crippen LogP) is 2.17. The van der Waals surface area contributed by atoms with Crippen LogP contribution in [0, 0.1) is 17.5 Å². The lowest BCUT2D eigenvalue weighted by Gasteiger charge is -2.08. The van der Waals surface area contributed by atoms with Gasteiger partial charge in [-0.3, -0.25) is 9.59 Å². The number of hydrogen-bond donors (Lipinski definition) is 2. The van der Waals surface area contributed by atoms with Crippen molar-refractivity contribution in [2.24, 2.45) is 0 Å². The molecule has 6 nitrogen and oxygen atoms in total. The molecule has 0 aliphatic rings. The Hall–Kier alpha value is -2.49. The van der Waals surface area contributed by atoms with E-state index in [0.29, 0.717) is 17.8 Å². The predicted molar refractivity (Wildman–Crippen MR) is 86.6 cm³/mol. The molecular weight excluding hydrogens is 357 g/mol. The first kappa shape index (κ1) is 18.8. The maximum absolute atomic E-state index is 13.4. The van der Waals surface area contributed by atoms with Crippen molar-refractivity contribution in [1.82, 2.24) is 14.9 Å². The molecule has 0 spiro atoms. The summed E-state index contributed by atoms with van der Waals surface area (Å²) in [6.07, 6.45) is 3.40. The van der Waals surface area contributed by atoms with E-state index in [1.807, 2.05) is 11.5 Å². The maximum Gasteiger partial charge on any atom is 0.243 e. The van der Waals surface area contributed by atoms with Gasteiger partial charge < -0.3 is 15.2 Å². The number of halogens is 3. The Labute approximate surface area is 145 Å². The third-order valence-electron chi connectivity index (χ3n) is 3.11. The molecule has 10 heteroatoms.